The van der Waals surface area contributed by atoms with Gasteiger partial charge in [-0.15, -0.1) is 0 Å². The quantitative estimate of drug-likeness (QED) is 0.754. The van der Waals surface area contributed by atoms with E-state index in [1.54, 1.807) is 16.8 Å². The molecule has 2 aromatic rings. The van der Waals surface area contributed by atoms with Gasteiger partial charge in [0.1, 0.15) is 17.1 Å². The number of fused-ring (bicyclic) bond motifs is 1. The van der Waals surface area contributed by atoms with Gasteiger partial charge in [0, 0.05) is 39.4 Å². The number of anilines is 2. The number of hydrogen-bond acceptors (Lipinski definition) is 5. The van der Waals surface area contributed by atoms with Crippen LogP contribution in [0.1, 0.15) is 33.4 Å². The Morgan fingerprint density at radius 2 is 1.93 bits per heavy atom. The molecule has 0 radical (unpaired) electrons. The largest absolute Gasteiger partial charge is 0.444 e. The first kappa shape index (κ1) is 20.0. The van der Waals surface area contributed by atoms with Crippen LogP contribution in [0.2, 0.25) is 0 Å². The molecule has 28 heavy (non-hydrogen) atoms. The summed E-state index contributed by atoms with van der Waals surface area (Å²) >= 11 is 0. The molecule has 2 aromatic heterocycles. The van der Waals surface area contributed by atoms with Gasteiger partial charge in [-0.3, -0.25) is 9.20 Å². The highest BCUT2D eigenvalue weighted by Gasteiger charge is 2.26. The van der Waals surface area contributed by atoms with E-state index in [0.29, 0.717) is 13.1 Å². The van der Waals surface area contributed by atoms with Gasteiger partial charge >= 0.3 is 6.09 Å². The van der Waals surface area contributed by atoms with E-state index in [1.807, 2.05) is 50.4 Å². The lowest BCUT2D eigenvalue weighted by atomic mass is 10.2. The van der Waals surface area contributed by atoms with Gasteiger partial charge < -0.3 is 19.4 Å². The monoisotopic (exact) mass is 387 g/mol. The van der Waals surface area contributed by atoms with E-state index in [2.05, 4.69) is 9.88 Å². The van der Waals surface area contributed by atoms with Gasteiger partial charge in [-0.1, -0.05) is 6.92 Å². The van der Waals surface area contributed by atoms with Crippen molar-refractivity contribution in [1.82, 2.24) is 14.3 Å². The van der Waals surface area contributed by atoms with Crippen molar-refractivity contribution in [3.8, 4) is 0 Å². The van der Waals surface area contributed by atoms with Crippen LogP contribution in [0.4, 0.5) is 16.3 Å². The molecule has 0 saturated carbocycles. The van der Waals surface area contributed by atoms with E-state index >= 15 is 0 Å². The second-order valence-electron chi connectivity index (χ2n) is 8.02. The SMILES string of the molecule is CCc1nc2ccc(N3CCN(C(=O)OC(C)(C)C)CC3)cn2c1N(C)C=O. The zero-order valence-electron chi connectivity index (χ0n) is 17.3. The highest BCUT2D eigenvalue weighted by molar-refractivity contribution is 5.76. The first-order valence-electron chi connectivity index (χ1n) is 9.65. The van der Waals surface area contributed by atoms with Crippen molar-refractivity contribution in [1.29, 1.82) is 0 Å². The van der Waals surface area contributed by atoms with E-state index in [0.717, 1.165) is 48.8 Å². The van der Waals surface area contributed by atoms with Gasteiger partial charge in [0.2, 0.25) is 6.41 Å². The van der Waals surface area contributed by atoms with E-state index in [1.165, 1.54) is 0 Å². The van der Waals surface area contributed by atoms with Crippen molar-refractivity contribution in [2.24, 2.45) is 0 Å². The normalized spacial score (nSPS) is 15.0. The lowest BCUT2D eigenvalue weighted by molar-refractivity contribution is -0.107. The summed E-state index contributed by atoms with van der Waals surface area (Å²) in [5, 5.41) is 0. The molecule has 3 rings (SSSR count). The molecule has 0 aromatic carbocycles. The molecule has 3 heterocycles. The average Bonchev–Trinajstić information content (AvgIpc) is 3.04. The molecule has 1 aliphatic rings. The molecule has 0 unspecified atom stereocenters. The van der Waals surface area contributed by atoms with Crippen molar-refractivity contribution in [3.05, 3.63) is 24.0 Å². The summed E-state index contributed by atoms with van der Waals surface area (Å²) in [5.41, 5.74) is 2.26. The zero-order valence-corrected chi connectivity index (χ0v) is 17.3. The Morgan fingerprint density at radius 1 is 1.25 bits per heavy atom. The minimum atomic E-state index is -0.487. The second kappa shape index (κ2) is 7.69. The van der Waals surface area contributed by atoms with Crippen molar-refractivity contribution in [3.63, 3.8) is 0 Å². The maximum Gasteiger partial charge on any atom is 0.410 e. The standard InChI is InChI=1S/C20H29N5O3/c1-6-16-18(22(5)14-26)25-13-15(7-8-17(25)21-16)23-9-11-24(12-10-23)19(27)28-20(2,3)4/h7-8,13-14H,6,9-12H2,1-5H3. The van der Waals surface area contributed by atoms with Crippen LogP contribution in [0.5, 0.6) is 0 Å². The second-order valence-corrected chi connectivity index (χ2v) is 8.02. The lowest BCUT2D eigenvalue weighted by Crippen LogP contribution is -2.50. The van der Waals surface area contributed by atoms with Crippen LogP contribution >= 0.6 is 0 Å². The molecule has 2 amide bonds. The first-order chi connectivity index (χ1) is 13.2. The van der Waals surface area contributed by atoms with Crippen molar-refractivity contribution in [2.75, 3.05) is 43.0 Å². The van der Waals surface area contributed by atoms with Crippen LogP contribution in [-0.2, 0) is 16.0 Å². The maximum atomic E-state index is 12.3. The molecule has 0 N–H and O–H groups in total. The Balaban J connectivity index is 1.78. The van der Waals surface area contributed by atoms with Gasteiger partial charge in [-0.25, -0.2) is 9.78 Å². The van der Waals surface area contributed by atoms with Crippen LogP contribution in [-0.4, -0.2) is 65.6 Å². The Kier molecular flexibility index (Phi) is 5.49. The van der Waals surface area contributed by atoms with Crippen LogP contribution in [0.3, 0.4) is 0 Å². The number of piperazine rings is 1. The summed E-state index contributed by atoms with van der Waals surface area (Å²) in [4.78, 5) is 33.7. The summed E-state index contributed by atoms with van der Waals surface area (Å²) < 4.78 is 7.42. The highest BCUT2D eigenvalue weighted by Crippen LogP contribution is 2.26. The minimum absolute atomic E-state index is 0.264. The number of aromatic nitrogens is 2. The molecule has 1 aliphatic heterocycles. The smallest absolute Gasteiger partial charge is 0.410 e. The maximum absolute atomic E-state index is 12.3. The predicted molar refractivity (Wildman–Crippen MR) is 109 cm³/mol. The molecular formula is C20H29N5O3. The Hall–Kier alpha value is -2.77. The summed E-state index contributed by atoms with van der Waals surface area (Å²) in [7, 11) is 1.74. The van der Waals surface area contributed by atoms with E-state index in [9.17, 15) is 9.59 Å². The molecule has 0 bridgehead atoms. The van der Waals surface area contributed by atoms with E-state index in [4.69, 9.17) is 4.74 Å². The summed E-state index contributed by atoms with van der Waals surface area (Å²) in [6.45, 7) is 10.3. The third-order valence-corrected chi connectivity index (χ3v) is 4.77. The van der Waals surface area contributed by atoms with Gasteiger partial charge in [-0.2, -0.15) is 0 Å². The Bertz CT molecular complexity index is 863. The van der Waals surface area contributed by atoms with Gasteiger partial charge in [0.15, 0.2) is 0 Å². The van der Waals surface area contributed by atoms with Crippen molar-refractivity contribution in [2.45, 2.75) is 39.7 Å². The third-order valence-electron chi connectivity index (χ3n) is 4.77. The van der Waals surface area contributed by atoms with Crippen molar-refractivity contribution >= 4 is 29.7 Å². The molecule has 0 atom stereocenters. The molecule has 1 fully saturated rings. The molecule has 0 spiro atoms. The Morgan fingerprint density at radius 3 is 2.50 bits per heavy atom. The number of ether oxygens (including phenoxy) is 1. The topological polar surface area (TPSA) is 70.4 Å². The van der Waals surface area contributed by atoms with Gasteiger partial charge in [-0.05, 0) is 39.3 Å². The molecule has 0 aliphatic carbocycles. The zero-order chi connectivity index (χ0) is 20.5. The number of imidazole rings is 1. The number of rotatable bonds is 4. The summed E-state index contributed by atoms with van der Waals surface area (Å²) in [6.07, 6.45) is 3.30. The van der Waals surface area contributed by atoms with Crippen LogP contribution in [0.25, 0.3) is 5.65 Å². The number of carbonyl (C=O) groups excluding carboxylic acids is 2. The van der Waals surface area contributed by atoms with Gasteiger partial charge in [0.25, 0.3) is 0 Å². The lowest BCUT2D eigenvalue weighted by Gasteiger charge is -2.36. The number of hydrogen-bond donors (Lipinski definition) is 0. The number of aryl methyl sites for hydroxylation is 1. The number of nitrogens with zero attached hydrogens (tertiary/aromatic N) is 5. The predicted octanol–water partition coefficient (Wildman–Crippen LogP) is 2.55. The van der Waals surface area contributed by atoms with Crippen LogP contribution in [0, 0.1) is 0 Å². The third kappa shape index (κ3) is 4.05. The van der Waals surface area contributed by atoms with E-state index < -0.39 is 5.60 Å². The number of pyridine rings is 1. The molecule has 8 nitrogen and oxygen atoms in total. The molecular weight excluding hydrogens is 358 g/mol. The fraction of sp³-hybridized carbons (Fsp3) is 0.550. The van der Waals surface area contributed by atoms with Gasteiger partial charge in [0.05, 0.1) is 11.4 Å². The molecule has 1 saturated heterocycles. The van der Waals surface area contributed by atoms with Crippen molar-refractivity contribution < 1.29 is 14.3 Å². The first-order valence-corrected chi connectivity index (χ1v) is 9.65. The Labute approximate surface area is 165 Å². The number of amides is 2. The van der Waals surface area contributed by atoms with E-state index in [-0.39, 0.29) is 6.09 Å². The molecule has 152 valence electrons. The highest BCUT2D eigenvalue weighted by atomic mass is 16.6. The summed E-state index contributed by atoms with van der Waals surface area (Å²) in [6, 6.07) is 4.01. The van der Waals surface area contributed by atoms with Crippen LogP contribution < -0.4 is 9.80 Å². The minimum Gasteiger partial charge on any atom is -0.444 e. The van der Waals surface area contributed by atoms with Crippen LogP contribution in [0.15, 0.2) is 18.3 Å². The molecule has 8 heteroatoms. The summed E-state index contributed by atoms with van der Waals surface area (Å²) in [5.74, 6) is 0.793. The number of carbonyl (C=O) groups is 2. The fourth-order valence-corrected chi connectivity index (χ4v) is 3.39. The average molecular weight is 387 g/mol. The fourth-order valence-electron chi connectivity index (χ4n) is 3.39.